The van der Waals surface area contributed by atoms with Gasteiger partial charge in [-0.25, -0.2) is 4.79 Å². The zero-order valence-corrected chi connectivity index (χ0v) is 11.0. The molecule has 0 amide bonds. The van der Waals surface area contributed by atoms with Gasteiger partial charge < -0.3 is 9.84 Å². The molecular weight excluding hydrogens is 250 g/mol. The normalized spacial score (nSPS) is 10.3. The summed E-state index contributed by atoms with van der Waals surface area (Å²) in [5, 5.41) is 8.98. The molecule has 0 saturated carbocycles. The molecule has 2 aromatic rings. The van der Waals surface area contributed by atoms with Crippen molar-refractivity contribution in [3.63, 3.8) is 0 Å². The molecule has 4 nitrogen and oxygen atoms in total. The summed E-state index contributed by atoms with van der Waals surface area (Å²) in [7, 11) is 0. The van der Waals surface area contributed by atoms with E-state index in [1.165, 1.54) is 11.3 Å². The van der Waals surface area contributed by atoms with E-state index in [9.17, 15) is 4.79 Å². The van der Waals surface area contributed by atoms with E-state index in [-0.39, 0.29) is 0 Å². The Morgan fingerprint density at radius 3 is 2.83 bits per heavy atom. The number of aromatic nitrogens is 1. The lowest BCUT2D eigenvalue weighted by atomic mass is 10.1. The van der Waals surface area contributed by atoms with Gasteiger partial charge in [0.15, 0.2) is 0 Å². The molecule has 0 fully saturated rings. The topological polar surface area (TPSA) is 59.4 Å². The van der Waals surface area contributed by atoms with E-state index in [4.69, 9.17) is 9.84 Å². The van der Waals surface area contributed by atoms with Crippen LogP contribution in [-0.2, 0) is 0 Å². The molecule has 0 bridgehead atoms. The van der Waals surface area contributed by atoms with Crippen LogP contribution in [0.25, 0.3) is 10.4 Å². The predicted octanol–water partition coefficient (Wildman–Crippen LogP) is 3.22. The Hall–Kier alpha value is -1.88. The second-order valence-corrected chi connectivity index (χ2v) is 4.82. The van der Waals surface area contributed by atoms with Crippen molar-refractivity contribution in [2.45, 2.75) is 13.8 Å². The molecule has 0 aliphatic heterocycles. The first kappa shape index (κ1) is 12.6. The van der Waals surface area contributed by atoms with E-state index >= 15 is 0 Å². The highest BCUT2D eigenvalue weighted by atomic mass is 32.1. The summed E-state index contributed by atoms with van der Waals surface area (Å²) in [6.45, 7) is 4.38. The predicted molar refractivity (Wildman–Crippen MR) is 70.4 cm³/mol. The Labute approximate surface area is 109 Å². The summed E-state index contributed by atoms with van der Waals surface area (Å²) < 4.78 is 5.39. The van der Waals surface area contributed by atoms with Gasteiger partial charge in [0.1, 0.15) is 10.6 Å². The van der Waals surface area contributed by atoms with Crippen molar-refractivity contribution < 1.29 is 14.6 Å². The van der Waals surface area contributed by atoms with E-state index in [2.05, 4.69) is 4.98 Å². The van der Waals surface area contributed by atoms with Crippen LogP contribution in [0.15, 0.2) is 24.5 Å². The van der Waals surface area contributed by atoms with E-state index in [1.807, 2.05) is 19.9 Å². The number of hydrogen-bond donors (Lipinski definition) is 1. The molecule has 0 unspecified atom stereocenters. The van der Waals surface area contributed by atoms with Crippen molar-refractivity contribution in [3.05, 3.63) is 35.0 Å². The lowest BCUT2D eigenvalue weighted by Gasteiger charge is -2.04. The molecule has 18 heavy (non-hydrogen) atoms. The van der Waals surface area contributed by atoms with Crippen LogP contribution in [-0.4, -0.2) is 22.7 Å². The van der Waals surface area contributed by atoms with Gasteiger partial charge >= 0.3 is 5.97 Å². The largest absolute Gasteiger partial charge is 0.492 e. The number of carbonyl (C=O) groups is 1. The van der Waals surface area contributed by atoms with Crippen molar-refractivity contribution in [2.75, 3.05) is 6.61 Å². The molecule has 0 aliphatic rings. The molecule has 94 valence electrons. The van der Waals surface area contributed by atoms with E-state index in [1.54, 1.807) is 18.5 Å². The van der Waals surface area contributed by atoms with Crippen molar-refractivity contribution >= 4 is 17.3 Å². The Kier molecular flexibility index (Phi) is 3.62. The van der Waals surface area contributed by atoms with Crippen LogP contribution < -0.4 is 4.74 Å². The van der Waals surface area contributed by atoms with E-state index in [0.717, 1.165) is 16.0 Å². The molecule has 0 aromatic carbocycles. The zero-order valence-electron chi connectivity index (χ0n) is 10.1. The number of thiophene rings is 1. The third-order valence-electron chi connectivity index (χ3n) is 2.41. The van der Waals surface area contributed by atoms with Crippen LogP contribution in [0.3, 0.4) is 0 Å². The number of carboxylic acids is 1. The van der Waals surface area contributed by atoms with Gasteiger partial charge in [-0.1, -0.05) is 0 Å². The second-order valence-electron chi connectivity index (χ2n) is 3.77. The number of rotatable bonds is 4. The first-order chi connectivity index (χ1) is 8.61. The third kappa shape index (κ3) is 2.51. The number of hydrogen-bond acceptors (Lipinski definition) is 4. The third-order valence-corrected chi connectivity index (χ3v) is 3.69. The van der Waals surface area contributed by atoms with Gasteiger partial charge in [0.05, 0.1) is 12.8 Å². The summed E-state index contributed by atoms with van der Waals surface area (Å²) in [4.78, 5) is 16.3. The maximum atomic E-state index is 10.9. The Morgan fingerprint density at radius 1 is 1.44 bits per heavy atom. The number of pyridine rings is 1. The molecule has 2 rings (SSSR count). The van der Waals surface area contributed by atoms with Crippen LogP contribution in [0, 0.1) is 6.92 Å². The fourth-order valence-electron chi connectivity index (χ4n) is 1.66. The molecule has 1 N–H and O–H groups in total. The average Bonchev–Trinajstić information content (AvgIpc) is 2.72. The molecule has 0 radical (unpaired) electrons. The van der Waals surface area contributed by atoms with Crippen molar-refractivity contribution in [1.29, 1.82) is 0 Å². The van der Waals surface area contributed by atoms with Crippen LogP contribution in [0.1, 0.15) is 22.2 Å². The summed E-state index contributed by atoms with van der Waals surface area (Å²) in [6.07, 6.45) is 3.36. The van der Waals surface area contributed by atoms with Gasteiger partial charge in [-0.2, -0.15) is 0 Å². The van der Waals surface area contributed by atoms with Crippen molar-refractivity contribution in [3.8, 4) is 16.2 Å². The van der Waals surface area contributed by atoms with Crippen LogP contribution in [0.4, 0.5) is 0 Å². The van der Waals surface area contributed by atoms with Crippen LogP contribution >= 0.6 is 11.3 Å². The SMILES string of the molecule is CCOc1cncc(-c2sc(C(=O)O)cc2C)c1. The Morgan fingerprint density at radius 2 is 2.22 bits per heavy atom. The molecule has 0 saturated heterocycles. The molecule has 5 heteroatoms. The smallest absolute Gasteiger partial charge is 0.345 e. The Balaban J connectivity index is 2.41. The maximum absolute atomic E-state index is 10.9. The number of carboxylic acid groups (broad SMARTS) is 1. The lowest BCUT2D eigenvalue weighted by molar-refractivity contribution is 0.0702. The van der Waals surface area contributed by atoms with Gasteiger partial charge in [-0.15, -0.1) is 11.3 Å². The summed E-state index contributed by atoms with van der Waals surface area (Å²) in [5.74, 6) is -0.206. The molecule has 0 spiro atoms. The van der Waals surface area contributed by atoms with Gasteiger partial charge in [0, 0.05) is 16.6 Å². The summed E-state index contributed by atoms with van der Waals surface area (Å²) >= 11 is 1.25. The van der Waals surface area contributed by atoms with Gasteiger partial charge in [-0.3, -0.25) is 4.98 Å². The first-order valence-corrected chi connectivity index (χ1v) is 6.35. The summed E-state index contributed by atoms with van der Waals surface area (Å²) in [5.41, 5.74) is 1.82. The van der Waals surface area contributed by atoms with E-state index < -0.39 is 5.97 Å². The number of nitrogens with zero attached hydrogens (tertiary/aromatic N) is 1. The van der Waals surface area contributed by atoms with Crippen molar-refractivity contribution in [2.24, 2.45) is 0 Å². The fourth-order valence-corrected chi connectivity index (χ4v) is 2.66. The number of aromatic carboxylic acids is 1. The average molecular weight is 263 g/mol. The highest BCUT2D eigenvalue weighted by molar-refractivity contribution is 7.17. The maximum Gasteiger partial charge on any atom is 0.345 e. The molecule has 0 atom stereocenters. The minimum Gasteiger partial charge on any atom is -0.492 e. The standard InChI is InChI=1S/C13H13NO3S/c1-3-17-10-5-9(6-14-7-10)12-8(2)4-11(18-12)13(15)16/h4-7H,3H2,1-2H3,(H,15,16). The van der Waals surface area contributed by atoms with Gasteiger partial charge in [-0.05, 0) is 31.5 Å². The molecular formula is C13H13NO3S. The molecule has 2 heterocycles. The van der Waals surface area contributed by atoms with Crippen molar-refractivity contribution in [1.82, 2.24) is 4.98 Å². The fraction of sp³-hybridized carbons (Fsp3) is 0.231. The van der Waals surface area contributed by atoms with Crippen LogP contribution in [0.5, 0.6) is 5.75 Å². The minimum atomic E-state index is -0.900. The lowest BCUT2D eigenvalue weighted by Crippen LogP contribution is -1.92. The van der Waals surface area contributed by atoms with E-state index in [0.29, 0.717) is 17.2 Å². The summed E-state index contributed by atoms with van der Waals surface area (Å²) in [6, 6.07) is 3.55. The van der Waals surface area contributed by atoms with Gasteiger partial charge in [0.2, 0.25) is 0 Å². The molecule has 0 aliphatic carbocycles. The Bertz CT molecular complexity index is 577. The first-order valence-electron chi connectivity index (χ1n) is 5.53. The van der Waals surface area contributed by atoms with Crippen LogP contribution in [0.2, 0.25) is 0 Å². The number of ether oxygens (including phenoxy) is 1. The van der Waals surface area contributed by atoms with Gasteiger partial charge in [0.25, 0.3) is 0 Å². The highest BCUT2D eigenvalue weighted by Crippen LogP contribution is 2.33. The second kappa shape index (κ2) is 5.18. The molecule has 2 aromatic heterocycles. The monoisotopic (exact) mass is 263 g/mol. The highest BCUT2D eigenvalue weighted by Gasteiger charge is 2.13. The quantitative estimate of drug-likeness (QED) is 0.920. The zero-order chi connectivity index (χ0) is 13.1. The minimum absolute atomic E-state index is 0.337. The number of aryl methyl sites for hydroxylation is 1.